The molecule has 0 aliphatic heterocycles. The van der Waals surface area contributed by atoms with Gasteiger partial charge in [0, 0.05) is 7.05 Å². The molecule has 0 radical (unpaired) electrons. The van der Waals surface area contributed by atoms with E-state index < -0.39 is 17.8 Å². The van der Waals surface area contributed by atoms with E-state index in [9.17, 15) is 18.0 Å². The maximum absolute atomic E-state index is 12.6. The molecule has 2 rings (SSSR count). The first-order valence-electron chi connectivity index (χ1n) is 5.53. The molecular weight excluding hydrogens is 275 g/mol. The van der Waals surface area contributed by atoms with Crippen LogP contribution in [-0.4, -0.2) is 25.8 Å². The van der Waals surface area contributed by atoms with Crippen LogP contribution in [0.3, 0.4) is 0 Å². The Morgan fingerprint density at radius 3 is 2.55 bits per heavy atom. The van der Waals surface area contributed by atoms with E-state index in [1.54, 1.807) is 0 Å². The SMILES string of the molecule is Cc1nn(C)c(C(=O)O)c1-c1cccc(C(F)(F)F)n1. The van der Waals surface area contributed by atoms with Gasteiger partial charge in [-0.15, -0.1) is 0 Å². The maximum Gasteiger partial charge on any atom is 0.433 e. The van der Waals surface area contributed by atoms with Gasteiger partial charge >= 0.3 is 12.1 Å². The summed E-state index contributed by atoms with van der Waals surface area (Å²) in [6.45, 7) is 1.52. The van der Waals surface area contributed by atoms with Crippen LogP contribution in [0, 0.1) is 6.92 Å². The number of hydrogen-bond donors (Lipinski definition) is 1. The lowest BCUT2D eigenvalue weighted by atomic mass is 10.1. The molecule has 8 heteroatoms. The zero-order valence-electron chi connectivity index (χ0n) is 10.6. The van der Waals surface area contributed by atoms with Crippen molar-refractivity contribution in [1.29, 1.82) is 0 Å². The van der Waals surface area contributed by atoms with Crippen molar-refractivity contribution in [3.05, 3.63) is 35.3 Å². The Kier molecular flexibility index (Phi) is 3.24. The van der Waals surface area contributed by atoms with Crippen LogP contribution in [0.15, 0.2) is 18.2 Å². The van der Waals surface area contributed by atoms with Crippen LogP contribution in [0.2, 0.25) is 0 Å². The number of carbonyl (C=O) groups is 1. The Balaban J connectivity index is 2.66. The van der Waals surface area contributed by atoms with Gasteiger partial charge in [0.15, 0.2) is 5.69 Å². The molecule has 0 aromatic carbocycles. The number of carboxylic acids is 1. The molecule has 0 bridgehead atoms. The summed E-state index contributed by atoms with van der Waals surface area (Å²) in [4.78, 5) is 14.7. The summed E-state index contributed by atoms with van der Waals surface area (Å²) in [6, 6.07) is 3.34. The Labute approximate surface area is 111 Å². The van der Waals surface area contributed by atoms with Gasteiger partial charge in [-0.2, -0.15) is 18.3 Å². The smallest absolute Gasteiger partial charge is 0.433 e. The van der Waals surface area contributed by atoms with Crippen molar-refractivity contribution in [3.8, 4) is 11.3 Å². The van der Waals surface area contributed by atoms with Crippen molar-refractivity contribution in [2.75, 3.05) is 0 Å². The normalized spacial score (nSPS) is 11.7. The number of aromatic carboxylic acids is 1. The molecule has 0 unspecified atom stereocenters. The third-order valence-corrected chi connectivity index (χ3v) is 2.72. The van der Waals surface area contributed by atoms with E-state index in [1.165, 1.54) is 26.1 Å². The molecule has 0 aliphatic rings. The van der Waals surface area contributed by atoms with Crippen molar-refractivity contribution in [2.45, 2.75) is 13.1 Å². The van der Waals surface area contributed by atoms with Crippen LogP contribution >= 0.6 is 0 Å². The first-order chi connectivity index (χ1) is 9.21. The fourth-order valence-electron chi connectivity index (χ4n) is 1.94. The number of aromatic nitrogens is 3. The highest BCUT2D eigenvalue weighted by Gasteiger charge is 2.33. The standard InChI is InChI=1S/C12H10F3N3O2/c1-6-9(10(11(19)20)18(2)17-6)7-4-3-5-8(16-7)12(13,14)15/h3-5H,1-2H3,(H,19,20). The number of halogens is 3. The summed E-state index contributed by atoms with van der Waals surface area (Å²) in [5.74, 6) is -1.28. The second-order valence-corrected chi connectivity index (χ2v) is 4.14. The van der Waals surface area contributed by atoms with Gasteiger partial charge in [0.1, 0.15) is 5.69 Å². The van der Waals surface area contributed by atoms with Crippen LogP contribution in [0.5, 0.6) is 0 Å². The van der Waals surface area contributed by atoms with Crippen molar-refractivity contribution in [2.24, 2.45) is 7.05 Å². The molecule has 2 aromatic heterocycles. The summed E-state index contributed by atoms with van der Waals surface area (Å²) in [5.41, 5.74) is -0.949. The molecule has 2 heterocycles. The highest BCUT2D eigenvalue weighted by atomic mass is 19.4. The predicted molar refractivity (Wildman–Crippen MR) is 63.1 cm³/mol. The number of rotatable bonds is 2. The number of pyridine rings is 1. The maximum atomic E-state index is 12.6. The van der Waals surface area contributed by atoms with Gasteiger partial charge in [0.05, 0.1) is 17.0 Å². The number of hydrogen-bond acceptors (Lipinski definition) is 3. The lowest BCUT2D eigenvalue weighted by Crippen LogP contribution is -2.10. The zero-order valence-corrected chi connectivity index (χ0v) is 10.6. The Bertz CT molecular complexity index is 677. The molecule has 20 heavy (non-hydrogen) atoms. The van der Waals surface area contributed by atoms with Crippen LogP contribution < -0.4 is 0 Å². The number of aryl methyl sites for hydroxylation is 2. The minimum Gasteiger partial charge on any atom is -0.477 e. The highest BCUT2D eigenvalue weighted by molar-refractivity contribution is 5.94. The van der Waals surface area contributed by atoms with Crippen molar-refractivity contribution >= 4 is 5.97 Å². The lowest BCUT2D eigenvalue weighted by Gasteiger charge is -2.08. The quantitative estimate of drug-likeness (QED) is 0.920. The molecule has 0 atom stereocenters. The fraction of sp³-hybridized carbons (Fsp3) is 0.250. The highest BCUT2D eigenvalue weighted by Crippen LogP contribution is 2.31. The summed E-state index contributed by atoms with van der Waals surface area (Å²) >= 11 is 0. The van der Waals surface area contributed by atoms with E-state index in [4.69, 9.17) is 5.11 Å². The van der Waals surface area contributed by atoms with Crippen molar-refractivity contribution in [1.82, 2.24) is 14.8 Å². The summed E-state index contributed by atoms with van der Waals surface area (Å²) in [6.07, 6.45) is -4.59. The first-order valence-corrected chi connectivity index (χ1v) is 5.53. The van der Waals surface area contributed by atoms with Gasteiger partial charge in [0.25, 0.3) is 0 Å². The van der Waals surface area contributed by atoms with Crippen molar-refractivity contribution < 1.29 is 23.1 Å². The van der Waals surface area contributed by atoms with Gasteiger partial charge in [-0.3, -0.25) is 4.68 Å². The van der Waals surface area contributed by atoms with Crippen LogP contribution in [0.25, 0.3) is 11.3 Å². The predicted octanol–water partition coefficient (Wildman–Crippen LogP) is 2.51. The second-order valence-electron chi connectivity index (χ2n) is 4.14. The Hall–Kier alpha value is -2.38. The molecule has 0 fully saturated rings. The monoisotopic (exact) mass is 285 g/mol. The van der Waals surface area contributed by atoms with Crippen LogP contribution in [0.1, 0.15) is 21.9 Å². The molecule has 0 saturated carbocycles. The number of alkyl halides is 3. The van der Waals surface area contributed by atoms with E-state index in [-0.39, 0.29) is 17.0 Å². The largest absolute Gasteiger partial charge is 0.477 e. The average molecular weight is 285 g/mol. The Morgan fingerprint density at radius 1 is 1.35 bits per heavy atom. The van der Waals surface area contributed by atoms with Crippen molar-refractivity contribution in [3.63, 3.8) is 0 Å². The molecule has 2 aromatic rings. The molecule has 0 spiro atoms. The topological polar surface area (TPSA) is 68.0 Å². The molecule has 0 aliphatic carbocycles. The van der Waals surface area contributed by atoms with Crippen LogP contribution in [-0.2, 0) is 13.2 Å². The molecule has 0 amide bonds. The zero-order chi connectivity index (χ0) is 15.1. The van der Waals surface area contributed by atoms with E-state index >= 15 is 0 Å². The molecule has 106 valence electrons. The Morgan fingerprint density at radius 2 is 2.00 bits per heavy atom. The second kappa shape index (κ2) is 4.62. The third kappa shape index (κ3) is 2.36. The van der Waals surface area contributed by atoms with E-state index in [2.05, 4.69) is 10.1 Å². The summed E-state index contributed by atoms with van der Waals surface area (Å²) < 4.78 is 39.1. The van der Waals surface area contributed by atoms with Gasteiger partial charge in [-0.25, -0.2) is 9.78 Å². The summed E-state index contributed by atoms with van der Waals surface area (Å²) in [5, 5.41) is 13.1. The van der Waals surface area contributed by atoms with Crippen LogP contribution in [0.4, 0.5) is 13.2 Å². The minimum atomic E-state index is -4.59. The lowest BCUT2D eigenvalue weighted by molar-refractivity contribution is -0.141. The van der Waals surface area contributed by atoms with E-state index in [0.29, 0.717) is 5.69 Å². The summed E-state index contributed by atoms with van der Waals surface area (Å²) in [7, 11) is 1.41. The van der Waals surface area contributed by atoms with E-state index in [1.807, 2.05) is 0 Å². The van der Waals surface area contributed by atoms with E-state index in [0.717, 1.165) is 10.7 Å². The van der Waals surface area contributed by atoms with Gasteiger partial charge in [0.2, 0.25) is 0 Å². The minimum absolute atomic E-state index is 0.0668. The van der Waals surface area contributed by atoms with Gasteiger partial charge in [-0.1, -0.05) is 6.07 Å². The molecule has 0 saturated heterocycles. The molecule has 1 N–H and O–H groups in total. The number of nitrogens with zero attached hydrogens (tertiary/aromatic N) is 3. The molecular formula is C12H10F3N3O2. The van der Waals surface area contributed by atoms with Gasteiger partial charge in [-0.05, 0) is 19.1 Å². The average Bonchev–Trinajstić information content (AvgIpc) is 2.63. The first kappa shape index (κ1) is 14.0. The molecule has 5 nitrogen and oxygen atoms in total. The third-order valence-electron chi connectivity index (χ3n) is 2.72. The fourth-order valence-corrected chi connectivity index (χ4v) is 1.94. The number of carboxylic acid groups (broad SMARTS) is 1. The van der Waals surface area contributed by atoms with Gasteiger partial charge < -0.3 is 5.11 Å².